The minimum absolute atomic E-state index is 0.281. The number of carboxylic acid groups (broad SMARTS) is 1. The molecule has 0 radical (unpaired) electrons. The van der Waals surface area contributed by atoms with Crippen LogP contribution in [0.2, 0.25) is 0 Å². The molecule has 1 heterocycles. The minimum Gasteiger partial charge on any atom is -0.478 e. The quantitative estimate of drug-likeness (QED) is 0.505. The lowest BCUT2D eigenvalue weighted by Gasteiger charge is -2.09. The van der Waals surface area contributed by atoms with Gasteiger partial charge in [0.25, 0.3) is 0 Å². The first-order valence-corrected chi connectivity index (χ1v) is 8.83. The molecule has 0 bridgehead atoms. The summed E-state index contributed by atoms with van der Waals surface area (Å²) in [5, 5.41) is 15.2. The molecule has 3 aromatic rings. The van der Waals surface area contributed by atoms with Gasteiger partial charge in [0.2, 0.25) is 0 Å². The highest BCUT2D eigenvalue weighted by molar-refractivity contribution is 7.79. The van der Waals surface area contributed by atoms with Crippen LogP contribution in [-0.2, 0) is 13.0 Å². The lowest BCUT2D eigenvalue weighted by molar-refractivity contribution is 0.0697. The Bertz CT molecular complexity index is 1020. The lowest BCUT2D eigenvalue weighted by Crippen LogP contribution is -2.07. The number of rotatable bonds is 7. The topological polar surface area (TPSA) is 68.0 Å². The number of nitrogens with zero attached hydrogens (tertiary/aromatic N) is 3. The molecule has 0 aliphatic rings. The van der Waals surface area contributed by atoms with E-state index in [-0.39, 0.29) is 5.56 Å². The van der Waals surface area contributed by atoms with Gasteiger partial charge in [-0.3, -0.25) is 0 Å². The maximum absolute atomic E-state index is 11.4. The number of aryl methyl sites for hydroxylation is 1. The molecule has 0 fully saturated rings. The van der Waals surface area contributed by atoms with E-state index in [9.17, 15) is 9.90 Å². The van der Waals surface area contributed by atoms with Crippen molar-refractivity contribution in [2.24, 2.45) is 0 Å². The molecule has 1 aromatic heterocycles. The third-order valence-electron chi connectivity index (χ3n) is 4.12. The van der Waals surface area contributed by atoms with Crippen molar-refractivity contribution in [2.75, 3.05) is 0 Å². The molecule has 0 aliphatic heterocycles. The zero-order chi connectivity index (χ0) is 19.2. The summed E-state index contributed by atoms with van der Waals surface area (Å²) in [4.78, 5) is 15.8. The summed E-state index contributed by atoms with van der Waals surface area (Å²) in [6.45, 7) is 0.539. The van der Waals surface area contributed by atoms with Crippen LogP contribution < -0.4 is 0 Å². The predicted molar refractivity (Wildman–Crippen MR) is 108 cm³/mol. The summed E-state index contributed by atoms with van der Waals surface area (Å²) >= 11 is 4.92. The van der Waals surface area contributed by atoms with Gasteiger partial charge in [-0.05, 0) is 22.8 Å². The average Bonchev–Trinajstić information content (AvgIpc) is 3.08. The molecular formula is C21H17N3O2S. The molecule has 6 heteroatoms. The molecule has 0 spiro atoms. The highest BCUT2D eigenvalue weighted by Gasteiger charge is 2.12. The molecular weight excluding hydrogens is 358 g/mol. The van der Waals surface area contributed by atoms with Gasteiger partial charge < -0.3 is 5.11 Å². The van der Waals surface area contributed by atoms with E-state index in [1.165, 1.54) is 5.37 Å². The Balaban J connectivity index is 1.85. The first-order chi connectivity index (χ1) is 13.1. The molecule has 0 aliphatic carbocycles. The highest BCUT2D eigenvalue weighted by atomic mass is 32.1. The van der Waals surface area contributed by atoms with E-state index in [0.717, 1.165) is 17.0 Å². The number of carboxylic acids is 1. The number of thiocarbonyl (C=S) groups is 1. The van der Waals surface area contributed by atoms with Crippen molar-refractivity contribution in [1.82, 2.24) is 14.8 Å². The predicted octanol–water partition coefficient (Wildman–Crippen LogP) is 3.61. The molecule has 0 unspecified atom stereocenters. The zero-order valence-corrected chi connectivity index (χ0v) is 15.3. The first kappa shape index (κ1) is 18.5. The van der Waals surface area contributed by atoms with E-state index in [1.807, 2.05) is 30.3 Å². The van der Waals surface area contributed by atoms with E-state index in [4.69, 9.17) is 18.6 Å². The molecule has 2 aromatic carbocycles. The van der Waals surface area contributed by atoms with Crippen molar-refractivity contribution in [3.05, 3.63) is 71.3 Å². The molecule has 134 valence electrons. The number of aromatic nitrogens is 3. The standard InChI is InChI=1S/C21H17N3O2S/c1-2-3-8-20-22-19(14-27)23-24(20)13-15-9-11-16(12-10-15)17-6-4-5-7-18(17)21(25)26/h1,4-7,9-12,14H,3,8,13H2,(H,25,26). The first-order valence-electron chi connectivity index (χ1n) is 8.36. The zero-order valence-electron chi connectivity index (χ0n) is 14.5. The van der Waals surface area contributed by atoms with Crippen LogP contribution in [0.3, 0.4) is 0 Å². The minimum atomic E-state index is -0.942. The Morgan fingerprint density at radius 1 is 1.22 bits per heavy atom. The summed E-state index contributed by atoms with van der Waals surface area (Å²) in [6, 6.07) is 14.7. The van der Waals surface area contributed by atoms with Crippen LogP contribution in [0.15, 0.2) is 48.5 Å². The summed E-state index contributed by atoms with van der Waals surface area (Å²) in [5.74, 6) is 2.97. The van der Waals surface area contributed by atoms with Crippen molar-refractivity contribution < 1.29 is 9.90 Å². The maximum Gasteiger partial charge on any atom is 0.336 e. The van der Waals surface area contributed by atoms with Gasteiger partial charge in [-0.25, -0.2) is 14.5 Å². The molecule has 0 atom stereocenters. The van der Waals surface area contributed by atoms with E-state index in [0.29, 0.717) is 30.8 Å². The van der Waals surface area contributed by atoms with Gasteiger partial charge >= 0.3 is 5.97 Å². The Morgan fingerprint density at radius 2 is 1.96 bits per heavy atom. The number of hydrogen-bond donors (Lipinski definition) is 1. The van der Waals surface area contributed by atoms with Crippen LogP contribution in [0.25, 0.3) is 11.1 Å². The van der Waals surface area contributed by atoms with Gasteiger partial charge in [0.1, 0.15) is 5.82 Å². The van der Waals surface area contributed by atoms with Gasteiger partial charge in [0.15, 0.2) is 5.82 Å². The summed E-state index contributed by atoms with van der Waals surface area (Å²) < 4.78 is 1.80. The van der Waals surface area contributed by atoms with Crippen LogP contribution in [0.4, 0.5) is 0 Å². The fraction of sp³-hybridized carbons (Fsp3) is 0.143. The van der Waals surface area contributed by atoms with E-state index in [1.54, 1.807) is 22.9 Å². The number of terminal acetylenes is 1. The number of aromatic carboxylic acids is 1. The van der Waals surface area contributed by atoms with Crippen LogP contribution >= 0.6 is 12.2 Å². The lowest BCUT2D eigenvalue weighted by atomic mass is 9.99. The Morgan fingerprint density at radius 3 is 2.63 bits per heavy atom. The maximum atomic E-state index is 11.4. The fourth-order valence-corrected chi connectivity index (χ4v) is 2.92. The molecule has 0 saturated heterocycles. The van der Waals surface area contributed by atoms with Gasteiger partial charge in [0.05, 0.1) is 12.1 Å². The van der Waals surface area contributed by atoms with Crippen molar-refractivity contribution in [3.63, 3.8) is 0 Å². The Hall–Kier alpha value is -3.30. The summed E-state index contributed by atoms with van der Waals surface area (Å²) in [6.07, 6.45) is 6.57. The van der Waals surface area contributed by atoms with E-state index >= 15 is 0 Å². The second-order valence-corrected chi connectivity index (χ2v) is 6.15. The number of carbonyl (C=O) groups is 1. The second kappa shape index (κ2) is 8.39. The van der Waals surface area contributed by atoms with E-state index < -0.39 is 5.97 Å². The normalized spacial score (nSPS) is 10.3. The number of hydrogen-bond acceptors (Lipinski definition) is 4. The van der Waals surface area contributed by atoms with Gasteiger partial charge in [-0.1, -0.05) is 54.7 Å². The molecule has 27 heavy (non-hydrogen) atoms. The summed E-state index contributed by atoms with van der Waals surface area (Å²) in [7, 11) is 0. The SMILES string of the molecule is C#CCCc1nc(C=S)nn1Cc1ccc(-c2ccccc2C(=O)O)cc1. The average molecular weight is 375 g/mol. The Kier molecular flexibility index (Phi) is 5.74. The van der Waals surface area contributed by atoms with Crippen LogP contribution in [0.5, 0.6) is 0 Å². The largest absolute Gasteiger partial charge is 0.478 e. The molecule has 5 nitrogen and oxygen atoms in total. The van der Waals surface area contributed by atoms with Crippen molar-refractivity contribution >= 4 is 23.6 Å². The second-order valence-electron chi connectivity index (χ2n) is 5.91. The molecule has 3 rings (SSSR count). The molecule has 1 N–H and O–H groups in total. The number of benzene rings is 2. The van der Waals surface area contributed by atoms with Crippen LogP contribution in [-0.4, -0.2) is 31.2 Å². The van der Waals surface area contributed by atoms with Crippen LogP contribution in [0.1, 0.15) is 34.0 Å². The molecule has 0 amide bonds. The van der Waals surface area contributed by atoms with Gasteiger partial charge in [-0.2, -0.15) is 5.10 Å². The van der Waals surface area contributed by atoms with E-state index in [2.05, 4.69) is 16.0 Å². The fourth-order valence-electron chi connectivity index (χ4n) is 2.82. The van der Waals surface area contributed by atoms with Crippen molar-refractivity contribution in [3.8, 4) is 23.5 Å². The highest BCUT2D eigenvalue weighted by Crippen LogP contribution is 2.24. The third kappa shape index (κ3) is 4.27. The van der Waals surface area contributed by atoms with Gasteiger partial charge in [-0.15, -0.1) is 12.3 Å². The van der Waals surface area contributed by atoms with Gasteiger partial charge in [0, 0.05) is 18.2 Å². The van der Waals surface area contributed by atoms with Crippen molar-refractivity contribution in [1.29, 1.82) is 0 Å². The smallest absolute Gasteiger partial charge is 0.336 e. The Labute approximate surface area is 162 Å². The van der Waals surface area contributed by atoms with Crippen LogP contribution in [0, 0.1) is 12.3 Å². The molecule has 0 saturated carbocycles. The third-order valence-corrected chi connectivity index (χ3v) is 4.33. The monoisotopic (exact) mass is 375 g/mol. The summed E-state index contributed by atoms with van der Waals surface area (Å²) in [5.41, 5.74) is 2.84. The van der Waals surface area contributed by atoms with Crippen molar-refractivity contribution in [2.45, 2.75) is 19.4 Å².